The van der Waals surface area contributed by atoms with Crippen LogP contribution < -0.4 is 5.32 Å². The predicted octanol–water partition coefficient (Wildman–Crippen LogP) is 3.08. The molecular formula is C19H20N4O2. The Kier molecular flexibility index (Phi) is 6.24. The van der Waals surface area contributed by atoms with Crippen molar-refractivity contribution in [3.05, 3.63) is 59.4 Å². The van der Waals surface area contributed by atoms with Gasteiger partial charge in [-0.25, -0.2) is 4.98 Å². The van der Waals surface area contributed by atoms with Gasteiger partial charge in [0.25, 0.3) is 11.8 Å². The number of para-hydroxylation sites is 1. The minimum absolute atomic E-state index is 0.127. The molecule has 0 saturated heterocycles. The Morgan fingerprint density at radius 2 is 1.88 bits per heavy atom. The molecule has 0 atom stereocenters. The van der Waals surface area contributed by atoms with Crippen LogP contribution in [0.1, 0.15) is 46.3 Å². The van der Waals surface area contributed by atoms with Crippen molar-refractivity contribution in [1.29, 1.82) is 5.26 Å². The predicted molar refractivity (Wildman–Crippen MR) is 95.2 cm³/mol. The van der Waals surface area contributed by atoms with E-state index in [2.05, 4.69) is 17.2 Å². The first-order chi connectivity index (χ1) is 12.1. The lowest BCUT2D eigenvalue weighted by atomic mass is 10.2. The maximum Gasteiger partial charge on any atom is 0.274 e. The fourth-order valence-corrected chi connectivity index (χ4v) is 2.25. The second-order valence-corrected chi connectivity index (χ2v) is 5.60. The van der Waals surface area contributed by atoms with Crippen molar-refractivity contribution in [2.45, 2.75) is 19.8 Å². The molecule has 0 aliphatic carbocycles. The number of pyridine rings is 1. The number of rotatable bonds is 6. The molecule has 0 spiro atoms. The number of nitriles is 1. The van der Waals surface area contributed by atoms with Gasteiger partial charge in [-0.15, -0.1) is 0 Å². The Bertz CT molecular complexity index is 811. The standard InChI is InChI=1S/C19H20N4O2/c1-3-4-12-23(2)19(25)17-11-7-10-16(21-17)18(24)22-15-9-6-5-8-14(15)13-20/h5-11H,3-4,12H2,1-2H3,(H,22,24). The molecule has 128 valence electrons. The lowest BCUT2D eigenvalue weighted by molar-refractivity contribution is 0.0787. The smallest absolute Gasteiger partial charge is 0.274 e. The molecule has 0 radical (unpaired) electrons. The minimum Gasteiger partial charge on any atom is -0.340 e. The van der Waals surface area contributed by atoms with E-state index >= 15 is 0 Å². The van der Waals surface area contributed by atoms with Gasteiger partial charge in [-0.3, -0.25) is 9.59 Å². The highest BCUT2D eigenvalue weighted by molar-refractivity contribution is 6.04. The zero-order chi connectivity index (χ0) is 18.2. The van der Waals surface area contributed by atoms with Crippen LogP contribution >= 0.6 is 0 Å². The molecule has 6 nitrogen and oxygen atoms in total. The summed E-state index contributed by atoms with van der Waals surface area (Å²) in [5.41, 5.74) is 1.12. The molecule has 0 aliphatic heterocycles. The number of nitrogens with one attached hydrogen (secondary N) is 1. The van der Waals surface area contributed by atoms with Crippen molar-refractivity contribution < 1.29 is 9.59 Å². The van der Waals surface area contributed by atoms with E-state index in [4.69, 9.17) is 5.26 Å². The summed E-state index contributed by atoms with van der Waals surface area (Å²) in [4.78, 5) is 30.5. The molecule has 2 amide bonds. The fraction of sp³-hybridized carbons (Fsp3) is 0.263. The highest BCUT2D eigenvalue weighted by Crippen LogP contribution is 2.15. The summed E-state index contributed by atoms with van der Waals surface area (Å²) in [6.45, 7) is 2.70. The molecule has 0 aliphatic rings. The molecule has 0 fully saturated rings. The average molecular weight is 336 g/mol. The summed E-state index contributed by atoms with van der Waals surface area (Å²) in [6.07, 6.45) is 1.90. The van der Waals surface area contributed by atoms with Crippen LogP contribution in [-0.4, -0.2) is 35.3 Å². The van der Waals surface area contributed by atoms with Gasteiger partial charge < -0.3 is 10.2 Å². The van der Waals surface area contributed by atoms with Gasteiger partial charge in [-0.2, -0.15) is 5.26 Å². The van der Waals surface area contributed by atoms with Gasteiger partial charge in [0.05, 0.1) is 11.3 Å². The maximum absolute atomic E-state index is 12.4. The molecule has 2 aromatic rings. The van der Waals surface area contributed by atoms with E-state index < -0.39 is 5.91 Å². The van der Waals surface area contributed by atoms with E-state index in [1.165, 1.54) is 6.07 Å². The first-order valence-electron chi connectivity index (χ1n) is 8.09. The molecule has 1 aromatic carbocycles. The molecule has 1 N–H and O–H groups in total. The molecule has 1 heterocycles. The molecule has 2 rings (SSSR count). The zero-order valence-electron chi connectivity index (χ0n) is 14.3. The summed E-state index contributed by atoms with van der Waals surface area (Å²) < 4.78 is 0. The monoisotopic (exact) mass is 336 g/mol. The van der Waals surface area contributed by atoms with Crippen molar-refractivity contribution in [3.63, 3.8) is 0 Å². The van der Waals surface area contributed by atoms with Gasteiger partial charge in [0.15, 0.2) is 0 Å². The number of hydrogen-bond acceptors (Lipinski definition) is 4. The average Bonchev–Trinajstić information content (AvgIpc) is 2.65. The second kappa shape index (κ2) is 8.60. The minimum atomic E-state index is -0.464. The third-order valence-corrected chi connectivity index (χ3v) is 3.69. The molecule has 0 saturated carbocycles. The zero-order valence-corrected chi connectivity index (χ0v) is 14.3. The molecule has 0 unspecified atom stereocenters. The number of unbranched alkanes of at least 4 members (excludes halogenated alkanes) is 1. The Morgan fingerprint density at radius 3 is 2.60 bits per heavy atom. The van der Waals surface area contributed by atoms with Crippen LogP contribution in [0.15, 0.2) is 42.5 Å². The van der Waals surface area contributed by atoms with Gasteiger partial charge >= 0.3 is 0 Å². The van der Waals surface area contributed by atoms with E-state index in [0.29, 0.717) is 17.8 Å². The summed E-state index contributed by atoms with van der Waals surface area (Å²) in [6, 6.07) is 13.5. The number of anilines is 1. The number of hydrogen-bond donors (Lipinski definition) is 1. The lowest BCUT2D eigenvalue weighted by Crippen LogP contribution is -2.29. The van der Waals surface area contributed by atoms with Crippen molar-refractivity contribution in [3.8, 4) is 6.07 Å². The van der Waals surface area contributed by atoms with Crippen molar-refractivity contribution in [1.82, 2.24) is 9.88 Å². The number of carbonyl (C=O) groups is 2. The third-order valence-electron chi connectivity index (χ3n) is 3.69. The first-order valence-corrected chi connectivity index (χ1v) is 8.09. The Labute approximate surface area is 147 Å². The molecule has 0 bridgehead atoms. The molecule has 25 heavy (non-hydrogen) atoms. The van der Waals surface area contributed by atoms with Crippen LogP contribution in [-0.2, 0) is 0 Å². The van der Waals surface area contributed by atoms with Gasteiger partial charge in [-0.05, 0) is 30.7 Å². The van der Waals surface area contributed by atoms with Crippen LogP contribution in [0.3, 0.4) is 0 Å². The quantitative estimate of drug-likeness (QED) is 0.878. The van der Waals surface area contributed by atoms with Crippen molar-refractivity contribution in [2.24, 2.45) is 0 Å². The van der Waals surface area contributed by atoms with Crippen LogP contribution in [0, 0.1) is 11.3 Å². The number of nitrogens with zero attached hydrogens (tertiary/aromatic N) is 3. The van der Waals surface area contributed by atoms with E-state index in [-0.39, 0.29) is 17.3 Å². The van der Waals surface area contributed by atoms with Gasteiger partial charge in [0.2, 0.25) is 0 Å². The van der Waals surface area contributed by atoms with Crippen molar-refractivity contribution >= 4 is 17.5 Å². The van der Waals surface area contributed by atoms with Gasteiger partial charge in [-0.1, -0.05) is 31.5 Å². The Hall–Kier alpha value is -3.20. The van der Waals surface area contributed by atoms with E-state index in [0.717, 1.165) is 12.8 Å². The summed E-state index contributed by atoms with van der Waals surface area (Å²) in [7, 11) is 1.72. The third kappa shape index (κ3) is 4.64. The van der Waals surface area contributed by atoms with E-state index in [1.807, 2.05) is 6.07 Å². The largest absolute Gasteiger partial charge is 0.340 e. The highest BCUT2D eigenvalue weighted by atomic mass is 16.2. The number of amides is 2. The van der Waals surface area contributed by atoms with Crippen LogP contribution in [0.25, 0.3) is 0 Å². The summed E-state index contributed by atoms with van der Waals surface area (Å²) in [5, 5.41) is 11.7. The van der Waals surface area contributed by atoms with Crippen molar-refractivity contribution in [2.75, 3.05) is 18.9 Å². The van der Waals surface area contributed by atoms with E-state index in [1.54, 1.807) is 48.3 Å². The van der Waals surface area contributed by atoms with E-state index in [9.17, 15) is 9.59 Å². The Balaban J connectivity index is 2.16. The summed E-state index contributed by atoms with van der Waals surface area (Å²) >= 11 is 0. The maximum atomic E-state index is 12.4. The Morgan fingerprint density at radius 1 is 1.16 bits per heavy atom. The van der Waals surface area contributed by atoms with Crippen LogP contribution in [0.2, 0.25) is 0 Å². The molecule has 6 heteroatoms. The fourth-order valence-electron chi connectivity index (χ4n) is 2.25. The van der Waals surface area contributed by atoms with Gasteiger partial charge in [0, 0.05) is 13.6 Å². The van der Waals surface area contributed by atoms with Gasteiger partial charge in [0.1, 0.15) is 17.5 Å². The topological polar surface area (TPSA) is 86.1 Å². The molecular weight excluding hydrogens is 316 g/mol. The first kappa shape index (κ1) is 18.1. The molecule has 1 aromatic heterocycles. The van der Waals surface area contributed by atoms with Crippen LogP contribution in [0.5, 0.6) is 0 Å². The summed E-state index contributed by atoms with van der Waals surface area (Å²) in [5.74, 6) is -0.686. The normalized spacial score (nSPS) is 9.96. The highest BCUT2D eigenvalue weighted by Gasteiger charge is 2.16. The SMILES string of the molecule is CCCCN(C)C(=O)c1cccc(C(=O)Nc2ccccc2C#N)n1. The lowest BCUT2D eigenvalue weighted by Gasteiger charge is -2.16. The number of aromatic nitrogens is 1. The second-order valence-electron chi connectivity index (χ2n) is 5.60. The number of carbonyl (C=O) groups excluding carboxylic acids is 2. The number of benzene rings is 1. The van der Waals surface area contributed by atoms with Crippen LogP contribution in [0.4, 0.5) is 5.69 Å².